The summed E-state index contributed by atoms with van der Waals surface area (Å²) in [5.74, 6) is -0.274. The lowest BCUT2D eigenvalue weighted by molar-refractivity contribution is -0.142. The van der Waals surface area contributed by atoms with Gasteiger partial charge in [-0.2, -0.15) is 0 Å². The van der Waals surface area contributed by atoms with E-state index in [9.17, 15) is 9.35 Å². The third-order valence-electron chi connectivity index (χ3n) is 3.76. The maximum Gasteiger partial charge on any atom is 0.310 e. The Morgan fingerprint density at radius 2 is 2.12 bits per heavy atom. The van der Waals surface area contributed by atoms with E-state index in [1.165, 1.54) is 0 Å². The Labute approximate surface area is 154 Å². The third kappa shape index (κ3) is 4.52. The summed E-state index contributed by atoms with van der Waals surface area (Å²) in [4.78, 5) is 11.9. The van der Waals surface area contributed by atoms with Gasteiger partial charge in [0.1, 0.15) is 10.3 Å². The highest BCUT2D eigenvalue weighted by Crippen LogP contribution is 2.36. The zero-order valence-electron chi connectivity index (χ0n) is 14.5. The molecule has 0 bridgehead atoms. The van der Waals surface area contributed by atoms with Crippen LogP contribution in [0.5, 0.6) is 0 Å². The zero-order valence-corrected chi connectivity index (χ0v) is 16.9. The Morgan fingerprint density at radius 3 is 2.62 bits per heavy atom. The first-order valence-corrected chi connectivity index (χ1v) is 9.84. The summed E-state index contributed by atoms with van der Waals surface area (Å²) in [6.45, 7) is 8.75. The molecule has 1 saturated heterocycles. The average Bonchev–Trinajstić information content (AvgIpc) is 2.42. The molecule has 1 aliphatic heterocycles. The Bertz CT molecular complexity index is 599. The summed E-state index contributed by atoms with van der Waals surface area (Å²) in [7, 11) is 0. The largest absolute Gasteiger partial charge is 0.598 e. The second kappa shape index (κ2) is 7.74. The first kappa shape index (κ1) is 19.7. The van der Waals surface area contributed by atoms with Gasteiger partial charge >= 0.3 is 5.97 Å². The number of hydrogen-bond donors (Lipinski definition) is 1. The molecule has 1 atom stereocenters. The average molecular weight is 418 g/mol. The van der Waals surface area contributed by atoms with Crippen molar-refractivity contribution in [3.8, 4) is 0 Å². The van der Waals surface area contributed by atoms with E-state index in [0.717, 1.165) is 15.6 Å². The van der Waals surface area contributed by atoms with Gasteiger partial charge in [-0.1, -0.05) is 22.0 Å². The van der Waals surface area contributed by atoms with Crippen molar-refractivity contribution in [2.24, 2.45) is 0 Å². The molecule has 1 aromatic rings. The van der Waals surface area contributed by atoms with Gasteiger partial charge in [0.2, 0.25) is 0 Å². The molecule has 0 saturated carbocycles. The number of carbonyl (C=O) groups excluding carboxylic acids is 1. The Kier molecular flexibility index (Phi) is 6.36. The van der Waals surface area contributed by atoms with Gasteiger partial charge in [0.25, 0.3) is 0 Å². The maximum atomic E-state index is 12.6. The lowest BCUT2D eigenvalue weighted by Crippen LogP contribution is -2.62. The molecule has 1 unspecified atom stereocenters. The lowest BCUT2D eigenvalue weighted by Gasteiger charge is -2.44. The fourth-order valence-corrected chi connectivity index (χ4v) is 3.75. The van der Waals surface area contributed by atoms with Crippen LogP contribution < -0.4 is 4.72 Å². The molecule has 2 rings (SSSR count). The topological polar surface area (TPSA) is 70.6 Å². The van der Waals surface area contributed by atoms with Gasteiger partial charge < -0.3 is 14.0 Å². The van der Waals surface area contributed by atoms with E-state index in [2.05, 4.69) is 20.7 Å². The van der Waals surface area contributed by atoms with Crippen LogP contribution in [0.4, 0.5) is 0 Å². The van der Waals surface area contributed by atoms with Gasteiger partial charge in [0, 0.05) is 15.8 Å². The molecule has 1 aromatic carbocycles. The molecule has 1 fully saturated rings. The maximum absolute atomic E-state index is 12.6. The van der Waals surface area contributed by atoms with Crippen molar-refractivity contribution in [3.05, 3.63) is 33.8 Å². The van der Waals surface area contributed by atoms with Crippen LogP contribution in [0.15, 0.2) is 22.7 Å². The van der Waals surface area contributed by atoms with E-state index < -0.39 is 16.9 Å². The molecule has 1 aliphatic rings. The first-order valence-electron chi connectivity index (χ1n) is 7.90. The van der Waals surface area contributed by atoms with Crippen LogP contribution >= 0.6 is 15.9 Å². The SMILES string of the molecule is CCOC(=O)Cc1cc(Br)ccc1C1(N[S+]([O-])C(C)(C)C)COC1. The molecular weight excluding hydrogens is 394 g/mol. The van der Waals surface area contributed by atoms with Crippen molar-refractivity contribution >= 4 is 33.3 Å². The number of ether oxygens (including phenoxy) is 2. The van der Waals surface area contributed by atoms with E-state index in [-0.39, 0.29) is 17.1 Å². The Balaban J connectivity index is 2.32. The summed E-state index contributed by atoms with van der Waals surface area (Å²) in [6.07, 6.45) is 0.175. The zero-order chi connectivity index (χ0) is 18.0. The molecule has 0 amide bonds. The Morgan fingerprint density at radius 1 is 1.46 bits per heavy atom. The Hall–Kier alpha value is -0.600. The number of benzene rings is 1. The first-order chi connectivity index (χ1) is 11.2. The molecule has 134 valence electrons. The molecule has 24 heavy (non-hydrogen) atoms. The third-order valence-corrected chi connectivity index (χ3v) is 5.95. The standard InChI is InChI=1S/C17H24BrNO4S/c1-5-23-15(20)9-12-8-13(18)6-7-14(12)17(10-22-11-17)19-24(21)16(2,3)4/h6-8,19H,5,9-11H2,1-4H3. The van der Waals surface area contributed by atoms with Gasteiger partial charge in [-0.15, -0.1) is 4.72 Å². The molecular formula is C17H24BrNO4S. The number of halogens is 1. The highest BCUT2D eigenvalue weighted by Gasteiger charge is 2.47. The smallest absolute Gasteiger partial charge is 0.310 e. The van der Waals surface area contributed by atoms with Crippen molar-refractivity contribution in [3.63, 3.8) is 0 Å². The van der Waals surface area contributed by atoms with Crippen LogP contribution in [0.1, 0.15) is 38.8 Å². The molecule has 0 spiro atoms. The molecule has 5 nitrogen and oxygen atoms in total. The van der Waals surface area contributed by atoms with Crippen LogP contribution in [0, 0.1) is 0 Å². The van der Waals surface area contributed by atoms with Gasteiger partial charge in [0.15, 0.2) is 0 Å². The van der Waals surface area contributed by atoms with E-state index in [4.69, 9.17) is 9.47 Å². The normalized spacial score (nSPS) is 17.9. The summed E-state index contributed by atoms with van der Waals surface area (Å²) in [5, 5.41) is 0. The predicted molar refractivity (Wildman–Crippen MR) is 98.0 cm³/mol. The van der Waals surface area contributed by atoms with Crippen molar-refractivity contribution in [1.29, 1.82) is 0 Å². The minimum Gasteiger partial charge on any atom is -0.598 e. The van der Waals surface area contributed by atoms with Gasteiger partial charge in [0.05, 0.1) is 26.2 Å². The highest BCUT2D eigenvalue weighted by atomic mass is 79.9. The van der Waals surface area contributed by atoms with Gasteiger partial charge in [-0.3, -0.25) is 4.79 Å². The van der Waals surface area contributed by atoms with Crippen LogP contribution in [0.3, 0.4) is 0 Å². The van der Waals surface area contributed by atoms with Crippen LogP contribution in [-0.2, 0) is 37.6 Å². The molecule has 1 heterocycles. The van der Waals surface area contributed by atoms with Crippen molar-refractivity contribution in [1.82, 2.24) is 4.72 Å². The van der Waals surface area contributed by atoms with Crippen LogP contribution in [-0.4, -0.2) is 35.1 Å². The minimum atomic E-state index is -1.24. The van der Waals surface area contributed by atoms with Crippen molar-refractivity contribution in [2.75, 3.05) is 19.8 Å². The molecule has 0 radical (unpaired) electrons. The van der Waals surface area contributed by atoms with E-state index >= 15 is 0 Å². The second-order valence-corrected chi connectivity index (χ2v) is 9.72. The molecule has 0 aliphatic carbocycles. The number of hydrogen-bond acceptors (Lipinski definition) is 5. The fourth-order valence-electron chi connectivity index (χ4n) is 2.45. The lowest BCUT2D eigenvalue weighted by atomic mass is 9.85. The predicted octanol–water partition coefficient (Wildman–Crippen LogP) is 2.83. The number of esters is 1. The number of nitrogens with one attached hydrogen (secondary N) is 1. The fraction of sp³-hybridized carbons (Fsp3) is 0.588. The summed E-state index contributed by atoms with van der Waals surface area (Å²) in [6, 6.07) is 5.79. The van der Waals surface area contributed by atoms with Crippen molar-refractivity contribution < 1.29 is 18.8 Å². The monoisotopic (exact) mass is 417 g/mol. The number of carbonyl (C=O) groups is 1. The summed E-state index contributed by atoms with van der Waals surface area (Å²) < 4.78 is 26.8. The molecule has 0 aromatic heterocycles. The van der Waals surface area contributed by atoms with Crippen LogP contribution in [0.25, 0.3) is 0 Å². The van der Waals surface area contributed by atoms with Crippen molar-refractivity contribution in [2.45, 2.75) is 44.4 Å². The van der Waals surface area contributed by atoms with E-state index in [1.54, 1.807) is 6.92 Å². The van der Waals surface area contributed by atoms with Crippen LogP contribution in [0.2, 0.25) is 0 Å². The van der Waals surface area contributed by atoms with Gasteiger partial charge in [-0.25, -0.2) is 0 Å². The summed E-state index contributed by atoms with van der Waals surface area (Å²) >= 11 is 2.21. The van der Waals surface area contributed by atoms with Gasteiger partial charge in [-0.05, 0) is 51.0 Å². The number of rotatable bonds is 6. The minimum absolute atomic E-state index is 0.175. The molecule has 7 heteroatoms. The van der Waals surface area contributed by atoms with E-state index in [0.29, 0.717) is 19.8 Å². The van der Waals surface area contributed by atoms with E-state index in [1.807, 2.05) is 39.0 Å². The highest BCUT2D eigenvalue weighted by molar-refractivity contribution is 9.10. The molecule has 1 N–H and O–H groups in total. The quantitative estimate of drug-likeness (QED) is 0.568. The summed E-state index contributed by atoms with van der Waals surface area (Å²) in [5.41, 5.74) is 1.24. The second-order valence-electron chi connectivity index (χ2n) is 6.84.